The third-order valence-electron chi connectivity index (χ3n) is 6.59. The van der Waals surface area contributed by atoms with Gasteiger partial charge in [0.1, 0.15) is 62.8 Å². The summed E-state index contributed by atoms with van der Waals surface area (Å²) in [6.45, 7) is 1.72. The molecule has 0 spiro atoms. The van der Waals surface area contributed by atoms with Crippen molar-refractivity contribution in [2.75, 3.05) is 7.11 Å². The van der Waals surface area contributed by atoms with Crippen LogP contribution in [0.25, 0.3) is 11.1 Å². The van der Waals surface area contributed by atoms with Crippen molar-refractivity contribution in [3.05, 3.63) is 120 Å². The molecular weight excluding hydrogens is 580 g/mol. The van der Waals surface area contributed by atoms with Crippen molar-refractivity contribution >= 4 is 10.1 Å². The van der Waals surface area contributed by atoms with Crippen LogP contribution < -0.4 is 18.9 Å². The fourth-order valence-electron chi connectivity index (χ4n) is 4.37. The second-order valence-electron chi connectivity index (χ2n) is 9.44. The molecule has 5 rings (SSSR count). The number of hydrogen-bond acceptors (Lipinski definition) is 8. The van der Waals surface area contributed by atoms with E-state index in [-0.39, 0.29) is 39.9 Å². The topological polar surface area (TPSA) is 139 Å². The summed E-state index contributed by atoms with van der Waals surface area (Å²) in [4.78, 5) is -0.580. The van der Waals surface area contributed by atoms with Crippen LogP contribution in [0.4, 0.5) is 0 Å². The molecule has 0 aromatic heterocycles. The number of ether oxygens (including phenoxy) is 4. The lowest BCUT2D eigenvalue weighted by molar-refractivity contribution is 0.415. The molecule has 0 heterocycles. The van der Waals surface area contributed by atoms with E-state index in [4.69, 9.17) is 18.9 Å². The van der Waals surface area contributed by atoms with Gasteiger partial charge in [0.05, 0.1) is 12.7 Å². The van der Waals surface area contributed by atoms with E-state index in [0.717, 1.165) is 22.9 Å². The van der Waals surface area contributed by atoms with Gasteiger partial charge in [-0.15, -0.1) is 0 Å². The Hall–Kier alpha value is -5.81. The standard InChI is InChI=1S/C34H24N2O7S/c1-22-5-3-6-30(28(22)20-35)43-33-18-17-27(19-34(33)44(37,38)39)42-32-8-4-7-31(29(32)21-36)41-26-15-11-24(12-16-26)23-9-13-25(40-2)14-10-23/h3-19H,1-2H3,(H,37,38,39). The number of aryl methyl sites for hydroxylation is 1. The molecule has 0 saturated heterocycles. The summed E-state index contributed by atoms with van der Waals surface area (Å²) in [5.74, 6) is 1.49. The molecule has 0 fully saturated rings. The van der Waals surface area contributed by atoms with E-state index in [1.54, 1.807) is 50.4 Å². The summed E-state index contributed by atoms with van der Waals surface area (Å²) in [5, 5.41) is 19.4. The second-order valence-corrected chi connectivity index (χ2v) is 10.8. The molecule has 0 bridgehead atoms. The number of benzene rings is 5. The Morgan fingerprint density at radius 1 is 0.614 bits per heavy atom. The average Bonchev–Trinajstić information content (AvgIpc) is 3.02. The zero-order chi connectivity index (χ0) is 31.3. The molecule has 0 unspecified atom stereocenters. The number of nitrogens with zero attached hydrogens (tertiary/aromatic N) is 2. The molecule has 5 aromatic carbocycles. The van der Waals surface area contributed by atoms with Crippen LogP contribution in [0.3, 0.4) is 0 Å². The minimum absolute atomic E-state index is 0.00668. The maximum atomic E-state index is 12.3. The molecule has 1 N–H and O–H groups in total. The Morgan fingerprint density at radius 3 is 1.66 bits per heavy atom. The normalized spacial score (nSPS) is 10.8. The Kier molecular flexibility index (Phi) is 8.49. The van der Waals surface area contributed by atoms with Crippen molar-refractivity contribution in [1.29, 1.82) is 10.5 Å². The van der Waals surface area contributed by atoms with Gasteiger partial charge in [-0.25, -0.2) is 0 Å². The van der Waals surface area contributed by atoms with E-state index < -0.39 is 15.0 Å². The van der Waals surface area contributed by atoms with E-state index in [9.17, 15) is 23.5 Å². The number of nitriles is 2. The van der Waals surface area contributed by atoms with Crippen LogP contribution in [0, 0.1) is 29.6 Å². The van der Waals surface area contributed by atoms with Crippen molar-refractivity contribution in [3.63, 3.8) is 0 Å². The first-order chi connectivity index (χ1) is 21.2. The molecule has 218 valence electrons. The van der Waals surface area contributed by atoms with E-state index >= 15 is 0 Å². The molecule has 0 aliphatic rings. The van der Waals surface area contributed by atoms with Crippen molar-refractivity contribution < 1.29 is 31.9 Å². The van der Waals surface area contributed by atoms with E-state index in [1.165, 1.54) is 24.3 Å². The summed E-state index contributed by atoms with van der Waals surface area (Å²) in [6.07, 6.45) is 0. The van der Waals surface area contributed by atoms with Gasteiger partial charge in [-0.1, -0.05) is 42.5 Å². The van der Waals surface area contributed by atoms with E-state index in [2.05, 4.69) is 6.07 Å². The summed E-state index contributed by atoms with van der Waals surface area (Å²) in [5.41, 5.74) is 2.89. The SMILES string of the molecule is COc1ccc(-c2ccc(Oc3cccc(Oc4ccc(Oc5cccc(C)c5C#N)c(S(=O)(=O)O)c4)c3C#N)cc2)cc1. The predicted molar refractivity (Wildman–Crippen MR) is 162 cm³/mol. The first-order valence-corrected chi connectivity index (χ1v) is 14.6. The van der Waals surface area contributed by atoms with Gasteiger partial charge in [-0.2, -0.15) is 18.9 Å². The summed E-state index contributed by atoms with van der Waals surface area (Å²) < 4.78 is 57.3. The molecule has 0 aliphatic heterocycles. The lowest BCUT2D eigenvalue weighted by Gasteiger charge is -2.15. The average molecular weight is 605 g/mol. The molecule has 44 heavy (non-hydrogen) atoms. The highest BCUT2D eigenvalue weighted by Crippen LogP contribution is 2.38. The van der Waals surface area contributed by atoms with Crippen LogP contribution in [0.5, 0.6) is 40.2 Å². The lowest BCUT2D eigenvalue weighted by atomic mass is 10.1. The van der Waals surface area contributed by atoms with Crippen molar-refractivity contribution in [2.45, 2.75) is 11.8 Å². The fourth-order valence-corrected chi connectivity index (χ4v) is 5.00. The maximum absolute atomic E-state index is 12.3. The molecule has 9 nitrogen and oxygen atoms in total. The van der Waals surface area contributed by atoms with Crippen LogP contribution >= 0.6 is 0 Å². The Bertz CT molecular complexity index is 2030. The molecular formula is C34H24N2O7S. The second kappa shape index (κ2) is 12.6. The highest BCUT2D eigenvalue weighted by molar-refractivity contribution is 7.86. The van der Waals surface area contributed by atoms with Gasteiger partial charge in [-0.3, -0.25) is 4.55 Å². The molecule has 5 aromatic rings. The Morgan fingerprint density at radius 2 is 1.11 bits per heavy atom. The number of methoxy groups -OCH3 is 1. The van der Waals surface area contributed by atoms with E-state index in [1.807, 2.05) is 42.5 Å². The van der Waals surface area contributed by atoms with Crippen LogP contribution in [0.15, 0.2) is 108 Å². The molecule has 0 amide bonds. The van der Waals surface area contributed by atoms with Crippen LogP contribution in [-0.4, -0.2) is 20.1 Å². The third-order valence-corrected chi connectivity index (χ3v) is 7.47. The highest BCUT2D eigenvalue weighted by Gasteiger charge is 2.21. The van der Waals surface area contributed by atoms with Crippen molar-refractivity contribution in [1.82, 2.24) is 0 Å². The van der Waals surface area contributed by atoms with Gasteiger partial charge in [0.2, 0.25) is 0 Å². The molecule has 0 saturated carbocycles. The summed E-state index contributed by atoms with van der Waals surface area (Å²) in [6, 6.07) is 32.5. The fraction of sp³-hybridized carbons (Fsp3) is 0.0588. The Labute approximate surface area is 254 Å². The first kappa shape index (κ1) is 29.7. The molecule has 10 heteroatoms. The zero-order valence-electron chi connectivity index (χ0n) is 23.5. The van der Waals surface area contributed by atoms with Gasteiger partial charge < -0.3 is 18.9 Å². The van der Waals surface area contributed by atoms with Gasteiger partial charge in [-0.05, 0) is 78.2 Å². The van der Waals surface area contributed by atoms with Gasteiger partial charge in [0, 0.05) is 6.07 Å². The molecule has 0 atom stereocenters. The quantitative estimate of drug-likeness (QED) is 0.166. The number of hydrogen-bond donors (Lipinski definition) is 1. The van der Waals surface area contributed by atoms with Crippen molar-refractivity contribution in [3.8, 4) is 63.5 Å². The largest absolute Gasteiger partial charge is 0.497 e. The smallest absolute Gasteiger partial charge is 0.298 e. The zero-order valence-corrected chi connectivity index (χ0v) is 24.3. The summed E-state index contributed by atoms with van der Waals surface area (Å²) in [7, 11) is -3.16. The first-order valence-electron chi connectivity index (χ1n) is 13.1. The molecule has 0 aliphatic carbocycles. The van der Waals surface area contributed by atoms with Gasteiger partial charge >= 0.3 is 0 Å². The van der Waals surface area contributed by atoms with Crippen LogP contribution in [-0.2, 0) is 10.1 Å². The maximum Gasteiger partial charge on any atom is 0.298 e. The minimum atomic E-state index is -4.77. The number of rotatable bonds is 9. The highest BCUT2D eigenvalue weighted by atomic mass is 32.2. The summed E-state index contributed by atoms with van der Waals surface area (Å²) >= 11 is 0. The van der Waals surface area contributed by atoms with Crippen LogP contribution in [0.1, 0.15) is 16.7 Å². The van der Waals surface area contributed by atoms with Gasteiger partial charge in [0.15, 0.2) is 0 Å². The Balaban J connectivity index is 1.40. The van der Waals surface area contributed by atoms with Crippen molar-refractivity contribution in [2.24, 2.45) is 0 Å². The predicted octanol–water partition coefficient (Wildman–Crippen LogP) is 8.04. The monoisotopic (exact) mass is 604 g/mol. The van der Waals surface area contributed by atoms with E-state index in [0.29, 0.717) is 11.3 Å². The third kappa shape index (κ3) is 6.48. The lowest BCUT2D eigenvalue weighted by Crippen LogP contribution is -2.03. The molecule has 0 radical (unpaired) electrons. The minimum Gasteiger partial charge on any atom is -0.497 e. The van der Waals surface area contributed by atoms with Gasteiger partial charge in [0.25, 0.3) is 10.1 Å². The van der Waals surface area contributed by atoms with Crippen LogP contribution in [0.2, 0.25) is 0 Å².